The number of oxazole rings is 1. The van der Waals surface area contributed by atoms with Crippen molar-refractivity contribution in [1.82, 2.24) is 4.98 Å². The SMILES string of the molecule is Cc1cc(-c2nc(CCl)co2)sc1Br. The first-order chi connectivity index (χ1) is 6.70. The summed E-state index contributed by atoms with van der Waals surface area (Å²) in [5, 5.41) is 0. The molecular weight excluding hydrogens is 286 g/mol. The summed E-state index contributed by atoms with van der Waals surface area (Å²) in [6.45, 7) is 2.04. The fourth-order valence-electron chi connectivity index (χ4n) is 1.05. The Kier molecular flexibility index (Phi) is 2.95. The molecule has 0 amide bonds. The van der Waals surface area contributed by atoms with Crippen LogP contribution >= 0.6 is 38.9 Å². The van der Waals surface area contributed by atoms with Crippen molar-refractivity contribution in [3.05, 3.63) is 27.4 Å². The fraction of sp³-hybridized carbons (Fsp3) is 0.222. The van der Waals surface area contributed by atoms with E-state index in [4.69, 9.17) is 16.0 Å². The number of nitrogens with zero attached hydrogens (tertiary/aromatic N) is 1. The molecule has 14 heavy (non-hydrogen) atoms. The third-order valence-electron chi connectivity index (χ3n) is 1.76. The minimum Gasteiger partial charge on any atom is -0.444 e. The van der Waals surface area contributed by atoms with E-state index in [2.05, 4.69) is 20.9 Å². The normalized spacial score (nSPS) is 10.8. The van der Waals surface area contributed by atoms with E-state index in [9.17, 15) is 0 Å². The van der Waals surface area contributed by atoms with Crippen molar-refractivity contribution in [3.8, 4) is 10.8 Å². The fourth-order valence-corrected chi connectivity index (χ4v) is 2.64. The number of rotatable bonds is 2. The van der Waals surface area contributed by atoms with E-state index in [1.807, 2.05) is 13.0 Å². The minimum atomic E-state index is 0.384. The molecule has 0 spiro atoms. The van der Waals surface area contributed by atoms with Crippen molar-refractivity contribution in [3.63, 3.8) is 0 Å². The van der Waals surface area contributed by atoms with Gasteiger partial charge in [0.15, 0.2) is 0 Å². The van der Waals surface area contributed by atoms with E-state index >= 15 is 0 Å². The Morgan fingerprint density at radius 3 is 2.93 bits per heavy atom. The highest BCUT2D eigenvalue weighted by Gasteiger charge is 2.10. The number of aromatic nitrogens is 1. The second kappa shape index (κ2) is 4.04. The first-order valence-corrected chi connectivity index (χ1v) is 6.12. The molecule has 0 radical (unpaired) electrons. The second-order valence-corrected chi connectivity index (χ2v) is 5.48. The Bertz CT molecular complexity index is 432. The summed E-state index contributed by atoms with van der Waals surface area (Å²) in [6.07, 6.45) is 1.59. The van der Waals surface area contributed by atoms with Crippen molar-refractivity contribution >= 4 is 38.9 Å². The van der Waals surface area contributed by atoms with Gasteiger partial charge in [-0.25, -0.2) is 4.98 Å². The van der Waals surface area contributed by atoms with Crippen LogP contribution in [0, 0.1) is 6.92 Å². The summed E-state index contributed by atoms with van der Waals surface area (Å²) in [5.41, 5.74) is 1.96. The van der Waals surface area contributed by atoms with Gasteiger partial charge in [-0.2, -0.15) is 0 Å². The first-order valence-electron chi connectivity index (χ1n) is 3.97. The van der Waals surface area contributed by atoms with Gasteiger partial charge in [-0.3, -0.25) is 0 Å². The average molecular weight is 293 g/mol. The van der Waals surface area contributed by atoms with E-state index in [-0.39, 0.29) is 0 Å². The minimum absolute atomic E-state index is 0.384. The first kappa shape index (κ1) is 10.2. The van der Waals surface area contributed by atoms with Gasteiger partial charge < -0.3 is 4.42 Å². The molecule has 0 aromatic carbocycles. The highest BCUT2D eigenvalue weighted by Crippen LogP contribution is 2.34. The van der Waals surface area contributed by atoms with Crippen molar-refractivity contribution in [2.45, 2.75) is 12.8 Å². The molecule has 0 aliphatic heterocycles. The Balaban J connectivity index is 2.39. The van der Waals surface area contributed by atoms with Gasteiger partial charge in [-0.05, 0) is 34.5 Å². The highest BCUT2D eigenvalue weighted by molar-refractivity contribution is 9.11. The maximum Gasteiger partial charge on any atom is 0.236 e. The number of thiophene rings is 1. The van der Waals surface area contributed by atoms with Gasteiger partial charge >= 0.3 is 0 Å². The molecule has 0 aliphatic rings. The Morgan fingerprint density at radius 2 is 2.43 bits per heavy atom. The number of hydrogen-bond donors (Lipinski definition) is 0. The van der Waals surface area contributed by atoms with Gasteiger partial charge in [0.25, 0.3) is 0 Å². The molecule has 0 unspecified atom stereocenters. The number of hydrogen-bond acceptors (Lipinski definition) is 3. The maximum absolute atomic E-state index is 5.64. The van der Waals surface area contributed by atoms with Crippen LogP contribution in [0.2, 0.25) is 0 Å². The molecule has 2 aromatic heterocycles. The van der Waals surface area contributed by atoms with Crippen LogP contribution in [0.25, 0.3) is 10.8 Å². The Hall–Kier alpha value is -0.320. The van der Waals surface area contributed by atoms with Crippen LogP contribution in [-0.2, 0) is 5.88 Å². The molecule has 0 aliphatic carbocycles. The molecular formula is C9H7BrClNOS. The van der Waals surface area contributed by atoms with E-state index < -0.39 is 0 Å². The van der Waals surface area contributed by atoms with Gasteiger partial charge in [0, 0.05) is 0 Å². The lowest BCUT2D eigenvalue weighted by Crippen LogP contribution is -1.75. The molecule has 0 fully saturated rings. The summed E-state index contributed by atoms with van der Waals surface area (Å²) in [6, 6.07) is 2.04. The summed E-state index contributed by atoms with van der Waals surface area (Å²) < 4.78 is 6.41. The summed E-state index contributed by atoms with van der Waals surface area (Å²) in [5.74, 6) is 1.02. The summed E-state index contributed by atoms with van der Waals surface area (Å²) >= 11 is 10.7. The van der Waals surface area contributed by atoms with E-state index in [0.29, 0.717) is 11.8 Å². The third kappa shape index (κ3) is 1.87. The Morgan fingerprint density at radius 1 is 1.64 bits per heavy atom. The lowest BCUT2D eigenvalue weighted by atomic mass is 10.3. The molecule has 0 saturated carbocycles. The number of alkyl halides is 1. The molecule has 2 aromatic rings. The van der Waals surface area contributed by atoms with Crippen molar-refractivity contribution < 1.29 is 4.42 Å². The van der Waals surface area contributed by atoms with Crippen molar-refractivity contribution in [2.24, 2.45) is 0 Å². The molecule has 0 bridgehead atoms. The maximum atomic E-state index is 5.64. The van der Waals surface area contributed by atoms with Gasteiger partial charge in [-0.1, -0.05) is 0 Å². The molecule has 0 N–H and O–H groups in total. The van der Waals surface area contributed by atoms with Crippen molar-refractivity contribution in [1.29, 1.82) is 0 Å². The van der Waals surface area contributed by atoms with Gasteiger partial charge in [0.05, 0.1) is 20.2 Å². The van der Waals surface area contributed by atoms with E-state index in [0.717, 1.165) is 14.4 Å². The monoisotopic (exact) mass is 291 g/mol. The molecule has 2 nitrogen and oxygen atoms in total. The Labute approximate surface area is 99.0 Å². The standard InChI is InChI=1S/C9H7BrClNOS/c1-5-2-7(14-8(5)10)9-12-6(3-11)4-13-9/h2,4H,3H2,1H3. The van der Waals surface area contributed by atoms with Crippen LogP contribution in [0.1, 0.15) is 11.3 Å². The van der Waals surface area contributed by atoms with Crippen LogP contribution in [0.15, 0.2) is 20.5 Å². The summed E-state index contributed by atoms with van der Waals surface area (Å²) in [7, 11) is 0. The quantitative estimate of drug-likeness (QED) is 0.775. The van der Waals surface area contributed by atoms with Crippen LogP contribution in [-0.4, -0.2) is 4.98 Å². The smallest absolute Gasteiger partial charge is 0.236 e. The topological polar surface area (TPSA) is 26.0 Å². The molecule has 5 heteroatoms. The van der Waals surface area contributed by atoms with Crippen LogP contribution in [0.3, 0.4) is 0 Å². The zero-order chi connectivity index (χ0) is 10.1. The second-order valence-electron chi connectivity index (χ2n) is 2.84. The van der Waals surface area contributed by atoms with E-state index in [1.165, 1.54) is 5.56 Å². The molecule has 2 rings (SSSR count). The van der Waals surface area contributed by atoms with E-state index in [1.54, 1.807) is 17.6 Å². The highest BCUT2D eigenvalue weighted by atomic mass is 79.9. The zero-order valence-electron chi connectivity index (χ0n) is 7.38. The largest absolute Gasteiger partial charge is 0.444 e. The van der Waals surface area contributed by atoms with Gasteiger partial charge in [0.2, 0.25) is 5.89 Å². The lowest BCUT2D eigenvalue weighted by molar-refractivity contribution is 0.575. The predicted octanol–water partition coefficient (Wildman–Crippen LogP) is 4.21. The summed E-state index contributed by atoms with van der Waals surface area (Å²) in [4.78, 5) is 5.26. The molecule has 2 heterocycles. The third-order valence-corrected chi connectivity index (χ3v) is 4.16. The van der Waals surface area contributed by atoms with Crippen LogP contribution in [0.5, 0.6) is 0 Å². The number of aryl methyl sites for hydroxylation is 1. The van der Waals surface area contributed by atoms with Gasteiger partial charge in [0.1, 0.15) is 6.26 Å². The molecule has 0 atom stereocenters. The average Bonchev–Trinajstić information content (AvgIpc) is 2.74. The van der Waals surface area contributed by atoms with Crippen LogP contribution in [0.4, 0.5) is 0 Å². The van der Waals surface area contributed by atoms with Crippen LogP contribution < -0.4 is 0 Å². The predicted molar refractivity (Wildman–Crippen MR) is 61.8 cm³/mol. The number of halogens is 2. The molecule has 0 saturated heterocycles. The lowest BCUT2D eigenvalue weighted by Gasteiger charge is -1.84. The molecule has 74 valence electrons. The van der Waals surface area contributed by atoms with Crippen molar-refractivity contribution in [2.75, 3.05) is 0 Å². The van der Waals surface area contributed by atoms with Gasteiger partial charge in [-0.15, -0.1) is 22.9 Å². The zero-order valence-corrected chi connectivity index (χ0v) is 10.5.